The smallest absolute Gasteiger partial charge is 0.279 e. The minimum atomic E-state index is -0.742. The van der Waals surface area contributed by atoms with Crippen molar-refractivity contribution in [3.05, 3.63) is 50.6 Å². The third-order valence-electron chi connectivity index (χ3n) is 5.21. The second-order valence-electron chi connectivity index (χ2n) is 7.40. The van der Waals surface area contributed by atoms with E-state index in [1.165, 1.54) is 9.56 Å². The molecule has 0 saturated heterocycles. The lowest BCUT2D eigenvalue weighted by Crippen LogP contribution is -2.34. The van der Waals surface area contributed by atoms with Crippen molar-refractivity contribution in [1.82, 2.24) is 15.0 Å². The topological polar surface area (TPSA) is 76.9 Å². The van der Waals surface area contributed by atoms with Gasteiger partial charge in [-0.3, -0.25) is 9.59 Å². The van der Waals surface area contributed by atoms with E-state index in [0.29, 0.717) is 21.8 Å². The number of amides is 1. The zero-order valence-electron chi connectivity index (χ0n) is 15.7. The number of nitrogens with zero attached hydrogens (tertiary/aromatic N) is 3. The number of benzene rings is 1. The third kappa shape index (κ3) is 3.27. The standard InChI is InChI=1S/C20H22N4O2S/c1-11-4-7-14(8-5-11)21-18(25)13(3)24-20(26)17-15-9-6-12(2)10-16(15)27-19(17)22-23-24/h4-5,7-8,12-13H,6,9-10H2,1-3H3,(H,21,25)/t12-,13+/m1/s1. The molecule has 1 aliphatic rings. The fraction of sp³-hybridized carbons (Fsp3) is 0.400. The molecule has 0 aliphatic heterocycles. The Kier molecular flexibility index (Phi) is 4.55. The van der Waals surface area contributed by atoms with Crippen LogP contribution in [0.25, 0.3) is 10.2 Å². The molecule has 0 radical (unpaired) electrons. The van der Waals surface area contributed by atoms with E-state index in [1.807, 2.05) is 31.2 Å². The molecule has 2 aromatic heterocycles. The molecule has 4 rings (SSSR count). The molecule has 7 heteroatoms. The molecule has 0 unspecified atom stereocenters. The first-order valence-corrected chi connectivity index (χ1v) is 10.0. The average molecular weight is 382 g/mol. The Morgan fingerprint density at radius 3 is 2.81 bits per heavy atom. The number of hydrogen-bond donors (Lipinski definition) is 1. The van der Waals surface area contributed by atoms with E-state index in [1.54, 1.807) is 18.3 Å². The Morgan fingerprint density at radius 1 is 1.33 bits per heavy atom. The molecule has 6 nitrogen and oxygen atoms in total. The van der Waals surface area contributed by atoms with Crippen molar-refractivity contribution >= 4 is 33.1 Å². The number of aromatic nitrogens is 3. The molecular formula is C20H22N4O2S. The molecule has 2 heterocycles. The second kappa shape index (κ2) is 6.88. The molecule has 140 valence electrons. The van der Waals surface area contributed by atoms with Crippen molar-refractivity contribution in [2.24, 2.45) is 5.92 Å². The molecular weight excluding hydrogens is 360 g/mol. The van der Waals surface area contributed by atoms with E-state index < -0.39 is 6.04 Å². The maximum atomic E-state index is 13.1. The van der Waals surface area contributed by atoms with Crippen molar-refractivity contribution in [2.45, 2.75) is 46.1 Å². The molecule has 3 aromatic rings. The van der Waals surface area contributed by atoms with E-state index >= 15 is 0 Å². The number of thiophene rings is 1. The summed E-state index contributed by atoms with van der Waals surface area (Å²) in [5, 5.41) is 11.8. The summed E-state index contributed by atoms with van der Waals surface area (Å²) in [6.07, 6.45) is 2.95. The number of carbonyl (C=O) groups excluding carboxylic acids is 1. The maximum Gasteiger partial charge on any atom is 0.279 e. The van der Waals surface area contributed by atoms with Gasteiger partial charge in [-0.15, -0.1) is 16.4 Å². The molecule has 0 saturated carbocycles. The first-order chi connectivity index (χ1) is 12.9. The zero-order chi connectivity index (χ0) is 19.1. The first-order valence-electron chi connectivity index (χ1n) is 9.21. The van der Waals surface area contributed by atoms with Crippen LogP contribution in [0.4, 0.5) is 5.69 Å². The molecule has 2 atom stereocenters. The molecule has 0 fully saturated rings. The largest absolute Gasteiger partial charge is 0.324 e. The molecule has 1 N–H and O–H groups in total. The SMILES string of the molecule is Cc1ccc(NC(=O)[C@H](C)n2nnc3sc4c(c3c2=O)CC[C@@H](C)C4)cc1. The van der Waals surface area contributed by atoms with Gasteiger partial charge >= 0.3 is 0 Å². The molecule has 0 bridgehead atoms. The first kappa shape index (κ1) is 17.9. The van der Waals surface area contributed by atoms with Crippen molar-refractivity contribution in [2.75, 3.05) is 5.32 Å². The van der Waals surface area contributed by atoms with Gasteiger partial charge in [0.2, 0.25) is 5.91 Å². The summed E-state index contributed by atoms with van der Waals surface area (Å²) in [5.41, 5.74) is 2.69. The summed E-state index contributed by atoms with van der Waals surface area (Å²) in [6.45, 7) is 5.89. The highest BCUT2D eigenvalue weighted by Crippen LogP contribution is 2.35. The molecule has 1 aliphatic carbocycles. The van der Waals surface area contributed by atoms with Crippen LogP contribution in [0.15, 0.2) is 29.1 Å². The average Bonchev–Trinajstić information content (AvgIpc) is 3.01. The van der Waals surface area contributed by atoms with Crippen LogP contribution < -0.4 is 10.9 Å². The summed E-state index contributed by atoms with van der Waals surface area (Å²) < 4.78 is 1.21. The molecule has 1 amide bonds. The van der Waals surface area contributed by atoms with E-state index in [4.69, 9.17) is 0 Å². The van der Waals surface area contributed by atoms with Crippen molar-refractivity contribution < 1.29 is 4.79 Å². The molecule has 27 heavy (non-hydrogen) atoms. The zero-order valence-corrected chi connectivity index (χ0v) is 16.5. The van der Waals surface area contributed by atoms with Gasteiger partial charge in [-0.1, -0.05) is 29.8 Å². The normalized spacial score (nSPS) is 17.5. The van der Waals surface area contributed by atoms with E-state index in [0.717, 1.165) is 30.4 Å². The monoisotopic (exact) mass is 382 g/mol. The highest BCUT2D eigenvalue weighted by molar-refractivity contribution is 7.18. The Hall–Kier alpha value is -2.54. The van der Waals surface area contributed by atoms with Crippen LogP contribution in [0.2, 0.25) is 0 Å². The Bertz CT molecular complexity index is 1070. The number of nitrogens with one attached hydrogen (secondary N) is 1. The number of rotatable bonds is 3. The van der Waals surface area contributed by atoms with Gasteiger partial charge in [0, 0.05) is 10.6 Å². The molecule has 1 aromatic carbocycles. The van der Waals surface area contributed by atoms with Crippen molar-refractivity contribution in [3.63, 3.8) is 0 Å². The van der Waals surface area contributed by atoms with Crippen LogP contribution in [-0.2, 0) is 17.6 Å². The summed E-state index contributed by atoms with van der Waals surface area (Å²) in [4.78, 5) is 27.6. The molecule has 0 spiro atoms. The summed E-state index contributed by atoms with van der Waals surface area (Å²) in [6, 6.07) is 6.80. The minimum absolute atomic E-state index is 0.224. The summed E-state index contributed by atoms with van der Waals surface area (Å²) in [7, 11) is 0. The van der Waals surface area contributed by atoms with Crippen LogP contribution in [0.3, 0.4) is 0 Å². The quantitative estimate of drug-likeness (QED) is 0.752. The van der Waals surface area contributed by atoms with Crippen LogP contribution >= 0.6 is 11.3 Å². The highest BCUT2D eigenvalue weighted by Gasteiger charge is 2.26. The minimum Gasteiger partial charge on any atom is -0.324 e. The summed E-state index contributed by atoms with van der Waals surface area (Å²) >= 11 is 1.56. The summed E-state index contributed by atoms with van der Waals surface area (Å²) in [5.74, 6) is 0.340. The number of fused-ring (bicyclic) bond motifs is 3. The lowest BCUT2D eigenvalue weighted by molar-refractivity contribution is -0.119. The lowest BCUT2D eigenvalue weighted by Gasteiger charge is -2.17. The van der Waals surface area contributed by atoms with Crippen LogP contribution in [0.1, 0.15) is 42.3 Å². The van der Waals surface area contributed by atoms with Crippen LogP contribution in [-0.4, -0.2) is 20.9 Å². The predicted octanol–water partition coefficient (Wildman–Crippen LogP) is 3.49. The van der Waals surface area contributed by atoms with Gasteiger partial charge in [-0.05, 0) is 56.7 Å². The number of hydrogen-bond acceptors (Lipinski definition) is 5. The Morgan fingerprint density at radius 2 is 2.07 bits per heavy atom. The van der Waals surface area contributed by atoms with E-state index in [-0.39, 0.29) is 11.5 Å². The number of carbonyl (C=O) groups is 1. The van der Waals surface area contributed by atoms with Gasteiger partial charge in [-0.2, -0.15) is 4.68 Å². The Balaban J connectivity index is 1.66. The predicted molar refractivity (Wildman–Crippen MR) is 107 cm³/mol. The second-order valence-corrected chi connectivity index (χ2v) is 8.49. The fourth-order valence-electron chi connectivity index (χ4n) is 3.52. The van der Waals surface area contributed by atoms with Crippen molar-refractivity contribution in [3.8, 4) is 0 Å². The lowest BCUT2D eigenvalue weighted by atomic mass is 9.89. The van der Waals surface area contributed by atoms with Crippen LogP contribution in [0.5, 0.6) is 0 Å². The highest BCUT2D eigenvalue weighted by atomic mass is 32.1. The number of anilines is 1. The van der Waals surface area contributed by atoms with Gasteiger partial charge in [-0.25, -0.2) is 0 Å². The van der Waals surface area contributed by atoms with Gasteiger partial charge in [0.05, 0.1) is 5.39 Å². The van der Waals surface area contributed by atoms with Gasteiger partial charge in [0.1, 0.15) is 6.04 Å². The maximum absolute atomic E-state index is 13.1. The van der Waals surface area contributed by atoms with Gasteiger partial charge < -0.3 is 5.32 Å². The van der Waals surface area contributed by atoms with Crippen LogP contribution in [0, 0.1) is 12.8 Å². The third-order valence-corrected chi connectivity index (χ3v) is 6.35. The van der Waals surface area contributed by atoms with Crippen molar-refractivity contribution in [1.29, 1.82) is 0 Å². The van der Waals surface area contributed by atoms with Gasteiger partial charge in [0.15, 0.2) is 4.83 Å². The van der Waals surface area contributed by atoms with Gasteiger partial charge in [0.25, 0.3) is 5.56 Å². The fourth-order valence-corrected chi connectivity index (χ4v) is 4.84. The van der Waals surface area contributed by atoms with E-state index in [9.17, 15) is 9.59 Å². The Labute approximate surface area is 161 Å². The van der Waals surface area contributed by atoms with E-state index in [2.05, 4.69) is 22.6 Å². The number of aryl methyl sites for hydroxylation is 2.